The van der Waals surface area contributed by atoms with E-state index in [2.05, 4.69) is 5.84 Å². The van der Waals surface area contributed by atoms with Gasteiger partial charge in [-0.05, 0) is 0 Å². The summed E-state index contributed by atoms with van der Waals surface area (Å²) in [6.45, 7) is 0. The number of rotatable bonds is 2. The van der Waals surface area contributed by atoms with Gasteiger partial charge in [0.1, 0.15) is 0 Å². The van der Waals surface area contributed by atoms with Gasteiger partial charge in [-0.3, -0.25) is 27.4 Å². The Hall–Kier alpha value is -1.73. The summed E-state index contributed by atoms with van der Waals surface area (Å²) in [6.07, 6.45) is 0. The Bertz CT molecular complexity index is 265. The summed E-state index contributed by atoms with van der Waals surface area (Å²) in [7, 11) is -10.2. The topological polar surface area (TPSA) is 149 Å². The largest absolute Gasteiger partial charge is 0.360 e. The molecular formula is CH7F5N6O2S. The van der Waals surface area contributed by atoms with Gasteiger partial charge in [0, 0.05) is 5.03 Å². The third-order valence-electron chi connectivity index (χ3n) is 0.388. The Morgan fingerprint density at radius 2 is 1.53 bits per heavy atom. The minimum absolute atomic E-state index is 0.0324. The molecule has 0 aliphatic heterocycles. The Balaban J connectivity index is 0. The van der Waals surface area contributed by atoms with Gasteiger partial charge in [0.15, 0.2) is 0 Å². The van der Waals surface area contributed by atoms with Crippen LogP contribution in [-0.4, -0.2) is 11.0 Å². The highest BCUT2D eigenvalue weighted by Crippen LogP contribution is 3.01. The standard InChI is InChI=1S/CH6N4.F5N2O2S/c2-1(3)5-4;1-10(2,3,4,5)6-7(8)9/h4H2,(H4,2,3,5);/q;-1/p+1. The highest BCUT2D eigenvalue weighted by molar-refractivity contribution is 8.47. The number of hydrazone groups is 1. The van der Waals surface area contributed by atoms with Crippen molar-refractivity contribution in [3.63, 3.8) is 0 Å². The molecule has 0 aliphatic carbocycles. The number of hydrogen-bond acceptors (Lipinski definition) is 3. The van der Waals surface area contributed by atoms with Crippen molar-refractivity contribution in [3.05, 3.63) is 14.9 Å². The summed E-state index contributed by atoms with van der Waals surface area (Å²) in [5.41, 5.74) is 9.50. The van der Waals surface area contributed by atoms with Crippen LogP contribution in [0.4, 0.5) is 19.4 Å². The molecule has 0 rings (SSSR count). The molecule has 0 bridgehead atoms. The van der Waals surface area contributed by atoms with Crippen molar-refractivity contribution in [2.45, 2.75) is 0 Å². The van der Waals surface area contributed by atoms with E-state index in [0.29, 0.717) is 0 Å². The predicted molar refractivity (Wildman–Crippen MR) is 42.0 cm³/mol. The van der Waals surface area contributed by atoms with Crippen molar-refractivity contribution in [1.29, 1.82) is 0 Å². The Labute approximate surface area is 79.2 Å². The van der Waals surface area contributed by atoms with E-state index in [4.69, 9.17) is 21.6 Å². The second kappa shape index (κ2) is 3.44. The van der Waals surface area contributed by atoms with Crippen LogP contribution in [0.2, 0.25) is 0 Å². The van der Waals surface area contributed by atoms with E-state index >= 15 is 0 Å². The fourth-order valence-electron chi connectivity index (χ4n) is 0.126. The summed E-state index contributed by atoms with van der Waals surface area (Å²) in [4.78, 5) is 9.07. The highest BCUT2D eigenvalue weighted by Gasteiger charge is 2.59. The molecule has 0 spiro atoms. The first kappa shape index (κ1) is 15.7. The van der Waals surface area contributed by atoms with Crippen LogP contribution in [0.25, 0.3) is 4.83 Å². The molecule has 7 N–H and O–H groups in total. The molecule has 15 heavy (non-hydrogen) atoms. The van der Waals surface area contributed by atoms with Crippen molar-refractivity contribution in [3.8, 4) is 0 Å². The number of hydrogen-bond donors (Lipinski definition) is 4. The molecule has 0 atom stereocenters. The lowest BCUT2D eigenvalue weighted by atomic mass is 11.1. The summed E-state index contributed by atoms with van der Waals surface area (Å²) < 4.78 is 54.3. The second-order valence-electron chi connectivity index (χ2n) is 1.85. The van der Waals surface area contributed by atoms with E-state index < -0.39 is 15.4 Å². The van der Waals surface area contributed by atoms with Crippen LogP contribution in [0, 0.1) is 10.1 Å². The maximum atomic E-state index is 10.9. The minimum Gasteiger partial charge on any atom is -0.296 e. The van der Waals surface area contributed by atoms with Gasteiger partial charge in [-0.15, -0.1) is 19.4 Å². The van der Waals surface area contributed by atoms with Gasteiger partial charge < -0.3 is 0 Å². The first-order valence-corrected chi connectivity index (χ1v) is 4.54. The smallest absolute Gasteiger partial charge is 0.296 e. The van der Waals surface area contributed by atoms with Gasteiger partial charge >= 0.3 is 5.96 Å². The van der Waals surface area contributed by atoms with Crippen LogP contribution in [-0.2, 0) is 0 Å². The number of guanidine groups is 1. The molecule has 0 radical (unpaired) electrons. The Morgan fingerprint density at radius 1 is 1.27 bits per heavy atom. The lowest BCUT2D eigenvalue weighted by Gasteiger charge is -2.45. The second-order valence-corrected chi connectivity index (χ2v) is 3.87. The lowest BCUT2D eigenvalue weighted by Crippen LogP contribution is -2.84. The molecule has 0 heterocycles. The van der Waals surface area contributed by atoms with Crippen molar-refractivity contribution in [1.82, 2.24) is 0 Å². The maximum absolute atomic E-state index is 10.9. The zero-order chi connectivity index (χ0) is 13.0. The van der Waals surface area contributed by atoms with Crippen LogP contribution in [0.1, 0.15) is 0 Å². The van der Waals surface area contributed by atoms with Gasteiger partial charge in [0.05, 0.1) is 0 Å². The Kier molecular flexibility index (Phi) is 3.61. The molecule has 14 heteroatoms. The molecule has 0 amide bonds. The lowest BCUT2D eigenvalue weighted by molar-refractivity contribution is -0.471. The van der Waals surface area contributed by atoms with E-state index in [9.17, 15) is 19.4 Å². The molecule has 0 aromatic carbocycles. The fourth-order valence-corrected chi connectivity index (χ4v) is 0.378. The van der Waals surface area contributed by atoms with Crippen LogP contribution in [0.15, 0.2) is 0 Å². The summed E-state index contributed by atoms with van der Waals surface area (Å²) in [5.74, 6) is 4.67. The molecule has 8 nitrogen and oxygen atoms in total. The average molecular weight is 262 g/mol. The highest BCUT2D eigenvalue weighted by atomic mass is 32.5. The van der Waals surface area contributed by atoms with Crippen LogP contribution >= 0.6 is 10.4 Å². The van der Waals surface area contributed by atoms with E-state index in [1.165, 1.54) is 0 Å². The van der Waals surface area contributed by atoms with Gasteiger partial charge in [-0.1, -0.05) is 0 Å². The quantitative estimate of drug-likeness (QED) is 0.125. The predicted octanol–water partition coefficient (Wildman–Crippen LogP) is -1.02. The number of nitro groups is 1. The monoisotopic (exact) mass is 262 g/mol. The number of nitrogens with zero attached hydrogens (tertiary/aromatic N) is 2. The molecule has 0 unspecified atom stereocenters. The molecule has 0 aromatic heterocycles. The van der Waals surface area contributed by atoms with Gasteiger partial charge in [-0.2, -0.15) is 5.10 Å². The van der Waals surface area contributed by atoms with Crippen molar-refractivity contribution < 1.29 is 29.6 Å². The molecule has 94 valence electrons. The summed E-state index contributed by atoms with van der Waals surface area (Å²) in [5, 5.41) is 8.42. The van der Waals surface area contributed by atoms with Gasteiger partial charge in [0.25, 0.3) is 10.4 Å². The summed E-state index contributed by atoms with van der Waals surface area (Å²) in [6, 6.07) is 0. The van der Waals surface area contributed by atoms with E-state index in [0.717, 1.165) is 0 Å². The first-order chi connectivity index (χ1) is 6.16. The third-order valence-corrected chi connectivity index (χ3v) is 0.830. The normalized spacial score (nSPS) is 14.7. The molecule has 0 fully saturated rings. The van der Waals surface area contributed by atoms with E-state index in [-0.39, 0.29) is 10.8 Å². The zero-order valence-electron chi connectivity index (χ0n) is 6.74. The number of nitrogens with two attached hydrogens (primary N) is 3. The molecule has 0 aromatic rings. The van der Waals surface area contributed by atoms with Crippen molar-refractivity contribution >= 4 is 16.4 Å². The van der Waals surface area contributed by atoms with Gasteiger partial charge in [-0.25, -0.2) is 4.83 Å². The van der Waals surface area contributed by atoms with Crippen LogP contribution < -0.4 is 22.4 Å². The maximum Gasteiger partial charge on any atom is 0.360 e. The zero-order valence-corrected chi connectivity index (χ0v) is 7.56. The number of hydrazine groups is 1. The van der Waals surface area contributed by atoms with E-state index in [1.807, 2.05) is 5.10 Å². The number of halogens is 5. The van der Waals surface area contributed by atoms with Crippen molar-refractivity contribution in [2.75, 3.05) is 0 Å². The molecule has 0 aliphatic rings. The molecular weight excluding hydrogens is 255 g/mol. The minimum atomic E-state index is -10.2. The van der Waals surface area contributed by atoms with Crippen molar-refractivity contribution in [2.24, 2.45) is 17.3 Å². The third kappa shape index (κ3) is 24.5. The number of nitrogens with one attached hydrogen (secondary N) is 1. The van der Waals surface area contributed by atoms with E-state index in [1.54, 1.807) is 0 Å². The first-order valence-electron chi connectivity index (χ1n) is 2.64. The molecule has 0 saturated carbocycles. The fraction of sp³-hybridized carbons (Fsp3) is 0. The van der Waals surface area contributed by atoms with Gasteiger partial charge in [0.2, 0.25) is 0 Å². The Morgan fingerprint density at radius 3 is 1.53 bits per heavy atom. The average Bonchev–Trinajstić information content (AvgIpc) is 1.79. The molecule has 0 saturated heterocycles. The summed E-state index contributed by atoms with van der Waals surface area (Å²) >= 11 is 0. The van der Waals surface area contributed by atoms with Crippen LogP contribution in [0.3, 0.4) is 0 Å². The SMILES string of the molecule is N[NH+]=C(N)N.O=[N+]([O-])[N-]S(F)(F)(F)(F)F. The van der Waals surface area contributed by atoms with Crippen LogP contribution in [0.5, 0.6) is 0 Å².